The van der Waals surface area contributed by atoms with Crippen LogP contribution in [0, 0.1) is 21.0 Å². The quantitative estimate of drug-likeness (QED) is 0.605. The lowest BCUT2D eigenvalue weighted by atomic mass is 10.0. The monoisotopic (exact) mass is 394 g/mol. The predicted molar refractivity (Wildman–Crippen MR) is 79.8 cm³/mol. The van der Waals surface area contributed by atoms with Crippen LogP contribution in [0.25, 0.3) is 11.1 Å². The molecule has 7 heteroatoms. The largest absolute Gasteiger partial charge is 0.494 e. The van der Waals surface area contributed by atoms with Gasteiger partial charge in [-0.3, -0.25) is 0 Å². The first-order valence-corrected chi connectivity index (χ1v) is 6.51. The highest BCUT2D eigenvalue weighted by molar-refractivity contribution is 14.1. The van der Waals surface area contributed by atoms with E-state index < -0.39 is 23.1 Å². The second-order valence-electron chi connectivity index (χ2n) is 3.99. The van der Waals surface area contributed by atoms with Crippen LogP contribution in [0.5, 0.6) is 5.75 Å². The van der Waals surface area contributed by atoms with Crippen molar-refractivity contribution in [2.75, 3.05) is 18.6 Å². The van der Waals surface area contributed by atoms with E-state index in [1.807, 2.05) is 22.6 Å². The van der Waals surface area contributed by atoms with Gasteiger partial charge in [0.2, 0.25) is 0 Å². The van der Waals surface area contributed by atoms with E-state index in [0.717, 1.165) is 0 Å². The lowest BCUT2D eigenvalue weighted by Gasteiger charge is -2.16. The maximum atomic E-state index is 14.1. The third kappa shape index (κ3) is 2.26. The van der Waals surface area contributed by atoms with Crippen molar-refractivity contribution < 1.29 is 17.9 Å². The third-order valence-corrected chi connectivity index (χ3v) is 3.49. The molecule has 4 N–H and O–H groups in total. The summed E-state index contributed by atoms with van der Waals surface area (Å²) in [6.07, 6.45) is 0. The normalized spacial score (nSPS) is 10.7. The Morgan fingerprint density at radius 2 is 1.70 bits per heavy atom. The molecular formula is C13H10F3IN2O. The molecular weight excluding hydrogens is 384 g/mol. The fourth-order valence-electron chi connectivity index (χ4n) is 1.85. The summed E-state index contributed by atoms with van der Waals surface area (Å²) in [6, 6.07) is 4.08. The van der Waals surface area contributed by atoms with Gasteiger partial charge in [0.05, 0.1) is 18.4 Å². The molecule has 3 nitrogen and oxygen atoms in total. The highest BCUT2D eigenvalue weighted by Crippen LogP contribution is 2.43. The standard InChI is InChI=1S/C13H10F3IN2O/c1-20-13-8(6-3-2-5(17)4-7(6)14)9(15)10(16)11(18)12(13)19/h2-4H,18-19H2,1H3. The Bertz CT molecular complexity index is 692. The van der Waals surface area contributed by atoms with Crippen molar-refractivity contribution in [3.05, 3.63) is 39.2 Å². The molecule has 0 bridgehead atoms. The molecule has 0 saturated heterocycles. The zero-order chi connectivity index (χ0) is 15.0. The van der Waals surface area contributed by atoms with E-state index in [4.69, 9.17) is 16.2 Å². The fourth-order valence-corrected chi connectivity index (χ4v) is 2.30. The summed E-state index contributed by atoms with van der Waals surface area (Å²) >= 11 is 1.90. The zero-order valence-corrected chi connectivity index (χ0v) is 12.5. The van der Waals surface area contributed by atoms with E-state index in [0.29, 0.717) is 3.57 Å². The van der Waals surface area contributed by atoms with Gasteiger partial charge in [-0.2, -0.15) is 0 Å². The molecule has 0 spiro atoms. The number of nitrogens with two attached hydrogens (primary N) is 2. The van der Waals surface area contributed by atoms with Gasteiger partial charge in [-0.05, 0) is 34.7 Å². The molecule has 0 saturated carbocycles. The molecule has 0 unspecified atom stereocenters. The van der Waals surface area contributed by atoms with Crippen LogP contribution in [0.4, 0.5) is 24.5 Å². The fraction of sp³-hybridized carbons (Fsp3) is 0.0769. The minimum absolute atomic E-state index is 0.148. The van der Waals surface area contributed by atoms with Gasteiger partial charge in [-0.25, -0.2) is 13.2 Å². The van der Waals surface area contributed by atoms with E-state index in [-0.39, 0.29) is 22.6 Å². The first-order valence-electron chi connectivity index (χ1n) is 5.43. The highest BCUT2D eigenvalue weighted by Gasteiger charge is 2.25. The minimum Gasteiger partial charge on any atom is -0.494 e. The maximum Gasteiger partial charge on any atom is 0.184 e. The van der Waals surface area contributed by atoms with Gasteiger partial charge < -0.3 is 16.2 Å². The molecule has 2 aromatic rings. The molecule has 0 fully saturated rings. The summed E-state index contributed by atoms with van der Waals surface area (Å²) in [7, 11) is 1.22. The van der Waals surface area contributed by atoms with Crippen molar-refractivity contribution in [3.63, 3.8) is 0 Å². The summed E-state index contributed by atoms with van der Waals surface area (Å²) < 4.78 is 47.3. The lowest BCUT2D eigenvalue weighted by Crippen LogP contribution is -2.07. The van der Waals surface area contributed by atoms with E-state index >= 15 is 0 Å². The molecule has 0 aliphatic rings. The number of hydrogen-bond acceptors (Lipinski definition) is 3. The topological polar surface area (TPSA) is 61.3 Å². The second-order valence-corrected chi connectivity index (χ2v) is 5.23. The van der Waals surface area contributed by atoms with Crippen LogP contribution in [0.2, 0.25) is 0 Å². The molecule has 0 amide bonds. The van der Waals surface area contributed by atoms with Crippen LogP contribution in [-0.2, 0) is 0 Å². The van der Waals surface area contributed by atoms with Gasteiger partial charge in [0.15, 0.2) is 17.4 Å². The van der Waals surface area contributed by atoms with E-state index in [9.17, 15) is 13.2 Å². The summed E-state index contributed by atoms with van der Waals surface area (Å²) in [4.78, 5) is 0. The van der Waals surface area contributed by atoms with Gasteiger partial charge in [0.1, 0.15) is 11.5 Å². The average Bonchev–Trinajstić information content (AvgIpc) is 2.41. The summed E-state index contributed by atoms with van der Waals surface area (Å²) in [5, 5.41) is 0. The first kappa shape index (κ1) is 14.8. The SMILES string of the molecule is COc1c(N)c(N)c(F)c(F)c1-c1ccc(I)cc1F. The number of hydrogen-bond donors (Lipinski definition) is 2. The van der Waals surface area contributed by atoms with Crippen LogP contribution in [0.3, 0.4) is 0 Å². The molecule has 0 radical (unpaired) electrons. The Hall–Kier alpha value is -1.64. The van der Waals surface area contributed by atoms with Crippen molar-refractivity contribution >= 4 is 34.0 Å². The Labute approximate surface area is 126 Å². The van der Waals surface area contributed by atoms with Gasteiger partial charge in [0, 0.05) is 9.13 Å². The van der Waals surface area contributed by atoms with Crippen LogP contribution in [0.15, 0.2) is 18.2 Å². The number of ether oxygens (including phenoxy) is 1. The molecule has 0 aliphatic carbocycles. The van der Waals surface area contributed by atoms with Crippen molar-refractivity contribution in [2.24, 2.45) is 0 Å². The molecule has 0 heterocycles. The molecule has 2 rings (SSSR count). The number of benzene rings is 2. The maximum absolute atomic E-state index is 14.1. The number of methoxy groups -OCH3 is 1. The lowest BCUT2D eigenvalue weighted by molar-refractivity contribution is 0.411. The van der Waals surface area contributed by atoms with Gasteiger partial charge in [-0.1, -0.05) is 6.07 Å². The third-order valence-electron chi connectivity index (χ3n) is 2.82. The number of rotatable bonds is 2. The molecule has 0 aromatic heterocycles. The van der Waals surface area contributed by atoms with E-state index in [2.05, 4.69) is 0 Å². The molecule has 106 valence electrons. The summed E-state index contributed by atoms with van der Waals surface area (Å²) in [5.74, 6) is -3.52. The second kappa shape index (κ2) is 5.39. The van der Waals surface area contributed by atoms with E-state index in [1.165, 1.54) is 19.2 Å². The number of nitrogen functional groups attached to an aromatic ring is 2. The Morgan fingerprint density at radius 3 is 2.25 bits per heavy atom. The average molecular weight is 394 g/mol. The zero-order valence-electron chi connectivity index (χ0n) is 10.3. The van der Waals surface area contributed by atoms with Crippen molar-refractivity contribution in [1.82, 2.24) is 0 Å². The van der Waals surface area contributed by atoms with Crippen LogP contribution < -0.4 is 16.2 Å². The summed E-state index contributed by atoms with van der Waals surface area (Å²) in [6.45, 7) is 0. The Balaban J connectivity index is 2.86. The molecule has 0 aliphatic heterocycles. The van der Waals surface area contributed by atoms with Crippen LogP contribution >= 0.6 is 22.6 Å². The van der Waals surface area contributed by atoms with Crippen LogP contribution in [-0.4, -0.2) is 7.11 Å². The summed E-state index contributed by atoms with van der Waals surface area (Å²) in [5.41, 5.74) is 9.60. The number of anilines is 2. The minimum atomic E-state index is -1.32. The predicted octanol–water partition coefficient (Wildman–Crippen LogP) is 3.55. The molecule has 0 atom stereocenters. The van der Waals surface area contributed by atoms with Crippen LogP contribution in [0.1, 0.15) is 0 Å². The van der Waals surface area contributed by atoms with Crippen molar-refractivity contribution in [2.45, 2.75) is 0 Å². The number of halogens is 4. The van der Waals surface area contributed by atoms with E-state index in [1.54, 1.807) is 6.07 Å². The molecule has 2 aromatic carbocycles. The Morgan fingerprint density at radius 1 is 1.05 bits per heavy atom. The van der Waals surface area contributed by atoms with Crippen molar-refractivity contribution in [3.8, 4) is 16.9 Å². The van der Waals surface area contributed by atoms with Gasteiger partial charge in [0.25, 0.3) is 0 Å². The Kier molecular flexibility index (Phi) is 3.98. The van der Waals surface area contributed by atoms with Gasteiger partial charge in [-0.15, -0.1) is 0 Å². The molecule has 20 heavy (non-hydrogen) atoms. The first-order chi connectivity index (χ1) is 9.38. The van der Waals surface area contributed by atoms with Crippen molar-refractivity contribution in [1.29, 1.82) is 0 Å². The smallest absolute Gasteiger partial charge is 0.184 e. The highest BCUT2D eigenvalue weighted by atomic mass is 127. The van der Waals surface area contributed by atoms with Gasteiger partial charge >= 0.3 is 0 Å².